The number of fused-ring (bicyclic) bond motifs is 1. The van der Waals surface area contributed by atoms with E-state index in [9.17, 15) is 10.4 Å². The quantitative estimate of drug-likeness (QED) is 0.715. The zero-order chi connectivity index (χ0) is 15.7. The number of benzene rings is 3. The van der Waals surface area contributed by atoms with Crippen molar-refractivity contribution in [2.24, 2.45) is 0 Å². The van der Waals surface area contributed by atoms with E-state index in [1.807, 2.05) is 42.5 Å². The Kier molecular flexibility index (Phi) is 3.74. The van der Waals surface area contributed by atoms with Crippen LogP contribution in [0.4, 0.5) is 0 Å². The van der Waals surface area contributed by atoms with E-state index in [-0.39, 0.29) is 5.75 Å². The van der Waals surface area contributed by atoms with E-state index >= 15 is 0 Å². The molecule has 0 aliphatic carbocycles. The molecule has 1 N–H and O–H groups in total. The molecule has 0 heterocycles. The van der Waals surface area contributed by atoms with Crippen LogP contribution in [0.5, 0.6) is 11.5 Å². The molecule has 0 fully saturated rings. The minimum absolute atomic E-state index is 0.126. The molecule has 0 aliphatic heterocycles. The van der Waals surface area contributed by atoms with Crippen molar-refractivity contribution < 1.29 is 9.84 Å². The van der Waals surface area contributed by atoms with E-state index in [1.165, 1.54) is 0 Å². The topological polar surface area (TPSA) is 53.2 Å². The third-order valence-electron chi connectivity index (χ3n) is 3.58. The molecule has 22 heavy (non-hydrogen) atoms. The van der Waals surface area contributed by atoms with Gasteiger partial charge in [0.05, 0.1) is 23.2 Å². The summed E-state index contributed by atoms with van der Waals surface area (Å²) in [7, 11) is 1.63. The maximum atomic E-state index is 9.81. The van der Waals surface area contributed by atoms with Crippen molar-refractivity contribution in [2.75, 3.05) is 7.11 Å². The fraction of sp³-hybridized carbons (Fsp3) is 0.0556. The monoisotopic (exact) mass is 353 g/mol. The minimum atomic E-state index is 0.126. The number of aromatic hydroxyl groups is 1. The van der Waals surface area contributed by atoms with E-state index in [2.05, 4.69) is 22.0 Å². The summed E-state index contributed by atoms with van der Waals surface area (Å²) in [5.74, 6) is 0.916. The predicted molar refractivity (Wildman–Crippen MR) is 90.0 cm³/mol. The summed E-state index contributed by atoms with van der Waals surface area (Å²) in [4.78, 5) is 0. The summed E-state index contributed by atoms with van der Waals surface area (Å²) in [6.45, 7) is 0. The van der Waals surface area contributed by atoms with Crippen LogP contribution < -0.4 is 4.74 Å². The Morgan fingerprint density at radius 2 is 1.77 bits per heavy atom. The number of methoxy groups -OCH3 is 1. The highest BCUT2D eigenvalue weighted by Gasteiger charge is 2.11. The number of nitrogens with zero attached hydrogens (tertiary/aromatic N) is 1. The van der Waals surface area contributed by atoms with Gasteiger partial charge in [0.2, 0.25) is 0 Å². The van der Waals surface area contributed by atoms with Crippen LogP contribution in [0.1, 0.15) is 5.56 Å². The molecule has 4 heteroatoms. The predicted octanol–water partition coefficient (Wildman–Crippen LogP) is 4.86. The van der Waals surface area contributed by atoms with Crippen molar-refractivity contribution in [1.29, 1.82) is 5.26 Å². The maximum absolute atomic E-state index is 9.81. The second kappa shape index (κ2) is 5.70. The molecule has 3 aromatic carbocycles. The molecule has 0 aromatic heterocycles. The average Bonchev–Trinajstić information content (AvgIpc) is 2.57. The fourth-order valence-electron chi connectivity index (χ4n) is 2.45. The third-order valence-corrected chi connectivity index (χ3v) is 4.38. The molecule has 0 atom stereocenters. The lowest BCUT2D eigenvalue weighted by Gasteiger charge is -2.09. The Bertz CT molecular complexity index is 896. The van der Waals surface area contributed by atoms with E-state index in [0.29, 0.717) is 10.0 Å². The number of halogens is 1. The highest BCUT2D eigenvalue weighted by molar-refractivity contribution is 9.10. The molecular weight excluding hydrogens is 342 g/mol. The lowest BCUT2D eigenvalue weighted by Crippen LogP contribution is -1.87. The molecule has 0 amide bonds. The molecule has 0 saturated heterocycles. The first-order valence-corrected chi connectivity index (χ1v) is 7.43. The van der Waals surface area contributed by atoms with Crippen LogP contribution >= 0.6 is 15.9 Å². The smallest absolute Gasteiger partial charge is 0.130 e. The van der Waals surface area contributed by atoms with Crippen molar-refractivity contribution >= 4 is 26.7 Å². The van der Waals surface area contributed by atoms with Gasteiger partial charge in [0, 0.05) is 5.39 Å². The highest BCUT2D eigenvalue weighted by Crippen LogP contribution is 2.37. The number of hydrogen-bond donors (Lipinski definition) is 1. The molecule has 0 saturated carbocycles. The molecule has 3 aromatic rings. The summed E-state index contributed by atoms with van der Waals surface area (Å²) in [6.07, 6.45) is 0. The summed E-state index contributed by atoms with van der Waals surface area (Å²) < 4.78 is 5.71. The molecule has 0 unspecified atom stereocenters. The Balaban J connectivity index is 2.24. The molecule has 3 nitrogen and oxygen atoms in total. The van der Waals surface area contributed by atoms with Gasteiger partial charge in [-0.15, -0.1) is 0 Å². The van der Waals surface area contributed by atoms with Crippen molar-refractivity contribution in [3.63, 3.8) is 0 Å². The van der Waals surface area contributed by atoms with Crippen LogP contribution in [0.3, 0.4) is 0 Å². The van der Waals surface area contributed by atoms with Crippen LogP contribution in [0.25, 0.3) is 21.9 Å². The minimum Gasteiger partial charge on any atom is -0.507 e. The Morgan fingerprint density at radius 3 is 2.41 bits per heavy atom. The lowest BCUT2D eigenvalue weighted by molar-refractivity contribution is 0.415. The fourth-order valence-corrected chi connectivity index (χ4v) is 3.02. The van der Waals surface area contributed by atoms with Crippen LogP contribution in [0.15, 0.2) is 53.0 Å². The molecule has 108 valence electrons. The Labute approximate surface area is 136 Å². The number of phenols is 1. The average molecular weight is 354 g/mol. The van der Waals surface area contributed by atoms with Crippen molar-refractivity contribution in [2.45, 2.75) is 0 Å². The van der Waals surface area contributed by atoms with Gasteiger partial charge in [-0.05, 0) is 62.8 Å². The first-order chi connectivity index (χ1) is 10.6. The van der Waals surface area contributed by atoms with Gasteiger partial charge in [-0.2, -0.15) is 5.26 Å². The number of hydrogen-bond acceptors (Lipinski definition) is 3. The van der Waals surface area contributed by atoms with Gasteiger partial charge in [-0.25, -0.2) is 0 Å². The van der Waals surface area contributed by atoms with Gasteiger partial charge in [0.15, 0.2) is 0 Å². The molecule has 0 aliphatic rings. The van der Waals surface area contributed by atoms with Gasteiger partial charge in [-0.3, -0.25) is 0 Å². The van der Waals surface area contributed by atoms with Crippen molar-refractivity contribution in [1.82, 2.24) is 0 Å². The van der Waals surface area contributed by atoms with Crippen LogP contribution in [0.2, 0.25) is 0 Å². The molecule has 0 bridgehead atoms. The van der Waals surface area contributed by atoms with Gasteiger partial charge < -0.3 is 9.84 Å². The van der Waals surface area contributed by atoms with Crippen LogP contribution in [-0.4, -0.2) is 12.2 Å². The first-order valence-electron chi connectivity index (χ1n) is 6.64. The largest absolute Gasteiger partial charge is 0.507 e. The van der Waals surface area contributed by atoms with E-state index in [1.54, 1.807) is 13.2 Å². The zero-order valence-corrected chi connectivity index (χ0v) is 13.4. The summed E-state index contributed by atoms with van der Waals surface area (Å²) in [5, 5.41) is 20.9. The molecule has 0 radical (unpaired) electrons. The van der Waals surface area contributed by atoms with Gasteiger partial charge in [-0.1, -0.05) is 18.2 Å². The van der Waals surface area contributed by atoms with Crippen LogP contribution in [0, 0.1) is 11.3 Å². The zero-order valence-electron chi connectivity index (χ0n) is 11.8. The van der Waals surface area contributed by atoms with Gasteiger partial charge in [0.25, 0.3) is 0 Å². The maximum Gasteiger partial charge on any atom is 0.130 e. The Hall–Kier alpha value is -2.51. The third kappa shape index (κ3) is 2.40. The Morgan fingerprint density at radius 1 is 1.05 bits per heavy atom. The number of ether oxygens (including phenoxy) is 1. The number of phenolic OH excluding ortho intramolecular Hbond substituents is 1. The highest BCUT2D eigenvalue weighted by atomic mass is 79.9. The number of rotatable bonds is 2. The number of nitriles is 1. The second-order valence-corrected chi connectivity index (χ2v) is 5.65. The normalized spacial score (nSPS) is 10.4. The van der Waals surface area contributed by atoms with Crippen molar-refractivity contribution in [3.05, 3.63) is 58.6 Å². The molecule has 0 spiro atoms. The van der Waals surface area contributed by atoms with E-state index in [4.69, 9.17) is 4.74 Å². The SMILES string of the molecule is COc1ccc(-c2cc(C#N)c3c(Br)c(O)ccc3c2)cc1. The first kappa shape index (κ1) is 14.4. The van der Waals surface area contributed by atoms with E-state index in [0.717, 1.165) is 27.6 Å². The molecule has 3 rings (SSSR count). The van der Waals surface area contributed by atoms with Crippen LogP contribution in [-0.2, 0) is 0 Å². The van der Waals surface area contributed by atoms with E-state index < -0.39 is 0 Å². The van der Waals surface area contributed by atoms with Gasteiger partial charge in [0.1, 0.15) is 11.5 Å². The lowest BCUT2D eigenvalue weighted by atomic mass is 9.97. The standard InChI is InChI=1S/C18H12BrNO2/c1-22-15-5-2-11(3-6-15)13-8-12-4-7-16(21)18(19)17(12)14(9-13)10-20/h2-9,21H,1H3. The summed E-state index contributed by atoms with van der Waals surface area (Å²) in [5.41, 5.74) is 2.47. The summed E-state index contributed by atoms with van der Waals surface area (Å²) in [6, 6.07) is 17.1. The summed E-state index contributed by atoms with van der Waals surface area (Å²) >= 11 is 3.35. The van der Waals surface area contributed by atoms with Gasteiger partial charge >= 0.3 is 0 Å². The molecular formula is C18H12BrNO2. The van der Waals surface area contributed by atoms with Crippen molar-refractivity contribution in [3.8, 4) is 28.7 Å². The second-order valence-electron chi connectivity index (χ2n) is 4.86.